The van der Waals surface area contributed by atoms with E-state index in [2.05, 4.69) is 15.6 Å². The summed E-state index contributed by atoms with van der Waals surface area (Å²) in [4.78, 5) is 28.3. The molecule has 3 rings (SSSR count). The number of rotatable bonds is 8. The molecule has 0 bridgehead atoms. The van der Waals surface area contributed by atoms with Crippen LogP contribution in [0.15, 0.2) is 73.1 Å². The Morgan fingerprint density at radius 2 is 1.83 bits per heavy atom. The predicted octanol–water partition coefficient (Wildman–Crippen LogP) is 3.59. The van der Waals surface area contributed by atoms with E-state index in [9.17, 15) is 9.59 Å². The third-order valence-corrected chi connectivity index (χ3v) is 4.36. The number of nitrogens with one attached hydrogen (secondary N) is 2. The summed E-state index contributed by atoms with van der Waals surface area (Å²) < 4.78 is 5.20. The lowest BCUT2D eigenvalue weighted by Crippen LogP contribution is -2.23. The van der Waals surface area contributed by atoms with Crippen LogP contribution in [0.25, 0.3) is 0 Å². The fourth-order valence-corrected chi connectivity index (χ4v) is 2.85. The van der Waals surface area contributed by atoms with Crippen molar-refractivity contribution in [3.05, 3.63) is 89.7 Å². The first-order chi connectivity index (χ1) is 14.1. The van der Waals surface area contributed by atoms with Crippen LogP contribution in [-0.4, -0.2) is 23.9 Å². The molecule has 0 aliphatic rings. The van der Waals surface area contributed by atoms with E-state index < -0.39 is 0 Å². The van der Waals surface area contributed by atoms with Gasteiger partial charge in [0.25, 0.3) is 5.91 Å². The molecule has 0 atom stereocenters. The van der Waals surface area contributed by atoms with E-state index in [0.717, 1.165) is 16.9 Å². The first-order valence-electron chi connectivity index (χ1n) is 9.34. The Bertz CT molecular complexity index is 974. The monoisotopic (exact) mass is 389 g/mol. The van der Waals surface area contributed by atoms with Crippen molar-refractivity contribution >= 4 is 17.5 Å². The number of carbonyl (C=O) groups is 2. The van der Waals surface area contributed by atoms with Gasteiger partial charge in [0.1, 0.15) is 5.75 Å². The number of amides is 2. The summed E-state index contributed by atoms with van der Waals surface area (Å²) in [6.07, 6.45) is 4.14. The molecule has 6 heteroatoms. The van der Waals surface area contributed by atoms with Crippen LogP contribution in [-0.2, 0) is 17.8 Å². The van der Waals surface area contributed by atoms with Crippen molar-refractivity contribution in [3.63, 3.8) is 0 Å². The highest BCUT2D eigenvalue weighted by atomic mass is 16.5. The Kier molecular flexibility index (Phi) is 6.95. The van der Waals surface area contributed by atoms with E-state index in [-0.39, 0.29) is 11.8 Å². The minimum absolute atomic E-state index is 0.0654. The molecule has 2 aromatic carbocycles. The molecule has 0 saturated carbocycles. The number of pyridine rings is 1. The molecule has 0 aliphatic heterocycles. The van der Waals surface area contributed by atoms with Crippen LogP contribution in [0.2, 0.25) is 0 Å². The molecule has 29 heavy (non-hydrogen) atoms. The van der Waals surface area contributed by atoms with Crippen LogP contribution >= 0.6 is 0 Å². The number of ether oxygens (including phenoxy) is 1. The second-order valence-electron chi connectivity index (χ2n) is 6.52. The Morgan fingerprint density at radius 1 is 1.00 bits per heavy atom. The second kappa shape index (κ2) is 10.0. The maximum atomic E-state index is 12.3. The summed E-state index contributed by atoms with van der Waals surface area (Å²) in [6, 6.07) is 18.6. The molecule has 6 nitrogen and oxygen atoms in total. The molecule has 148 valence electrons. The quantitative estimate of drug-likeness (QED) is 0.617. The smallest absolute Gasteiger partial charge is 0.253 e. The molecule has 0 saturated heterocycles. The van der Waals surface area contributed by atoms with Gasteiger partial charge >= 0.3 is 0 Å². The molecular formula is C23H23N3O3. The van der Waals surface area contributed by atoms with Crippen LogP contribution < -0.4 is 15.4 Å². The van der Waals surface area contributed by atoms with E-state index in [4.69, 9.17) is 4.74 Å². The second-order valence-corrected chi connectivity index (χ2v) is 6.52. The van der Waals surface area contributed by atoms with E-state index in [1.807, 2.05) is 48.5 Å². The molecule has 2 amide bonds. The predicted molar refractivity (Wildman–Crippen MR) is 112 cm³/mol. The molecule has 2 N–H and O–H groups in total. The summed E-state index contributed by atoms with van der Waals surface area (Å²) in [5, 5.41) is 5.76. The van der Waals surface area contributed by atoms with Crippen molar-refractivity contribution in [2.45, 2.75) is 19.4 Å². The van der Waals surface area contributed by atoms with Crippen molar-refractivity contribution in [2.24, 2.45) is 0 Å². The largest absolute Gasteiger partial charge is 0.497 e. The summed E-state index contributed by atoms with van der Waals surface area (Å²) in [5.41, 5.74) is 3.16. The highest BCUT2D eigenvalue weighted by Crippen LogP contribution is 2.15. The number of nitrogens with zero attached hydrogens (tertiary/aromatic N) is 1. The minimum atomic E-state index is -0.189. The molecule has 1 heterocycles. The van der Waals surface area contributed by atoms with Crippen molar-refractivity contribution in [1.82, 2.24) is 10.3 Å². The van der Waals surface area contributed by atoms with E-state index in [1.54, 1.807) is 25.4 Å². The van der Waals surface area contributed by atoms with E-state index >= 15 is 0 Å². The summed E-state index contributed by atoms with van der Waals surface area (Å²) >= 11 is 0. The van der Waals surface area contributed by atoms with Gasteiger partial charge in [0.05, 0.1) is 12.7 Å². The first kappa shape index (κ1) is 20.1. The minimum Gasteiger partial charge on any atom is -0.497 e. The zero-order valence-corrected chi connectivity index (χ0v) is 16.2. The van der Waals surface area contributed by atoms with Gasteiger partial charge in [-0.05, 0) is 53.9 Å². The van der Waals surface area contributed by atoms with Crippen LogP contribution in [0.5, 0.6) is 5.75 Å². The lowest BCUT2D eigenvalue weighted by molar-refractivity contribution is -0.116. The molecular weight excluding hydrogens is 366 g/mol. The Morgan fingerprint density at radius 3 is 2.62 bits per heavy atom. The normalized spacial score (nSPS) is 10.2. The van der Waals surface area contributed by atoms with Crippen molar-refractivity contribution in [2.75, 3.05) is 12.4 Å². The third-order valence-electron chi connectivity index (χ3n) is 4.36. The maximum absolute atomic E-state index is 12.3. The summed E-state index contributed by atoms with van der Waals surface area (Å²) in [5.74, 6) is 0.527. The highest BCUT2D eigenvalue weighted by Gasteiger charge is 2.07. The van der Waals surface area contributed by atoms with Crippen LogP contribution in [0.3, 0.4) is 0 Å². The molecule has 0 fully saturated rings. The van der Waals surface area contributed by atoms with Gasteiger partial charge in [-0.15, -0.1) is 0 Å². The molecule has 0 radical (unpaired) electrons. The number of anilines is 1. The van der Waals surface area contributed by atoms with Crippen molar-refractivity contribution < 1.29 is 14.3 Å². The summed E-state index contributed by atoms with van der Waals surface area (Å²) in [7, 11) is 1.62. The molecule has 1 aromatic heterocycles. The third kappa shape index (κ3) is 6.17. The Labute approximate surface area is 169 Å². The molecule has 0 spiro atoms. The van der Waals surface area contributed by atoms with Crippen molar-refractivity contribution in [3.8, 4) is 5.75 Å². The fourth-order valence-electron chi connectivity index (χ4n) is 2.85. The maximum Gasteiger partial charge on any atom is 0.253 e. The van der Waals surface area contributed by atoms with Crippen LogP contribution in [0.4, 0.5) is 5.69 Å². The lowest BCUT2D eigenvalue weighted by Gasteiger charge is -2.09. The van der Waals surface area contributed by atoms with Gasteiger partial charge < -0.3 is 15.4 Å². The van der Waals surface area contributed by atoms with Gasteiger partial charge in [-0.25, -0.2) is 0 Å². The van der Waals surface area contributed by atoms with Crippen LogP contribution in [0, 0.1) is 0 Å². The number of hydrogen-bond acceptors (Lipinski definition) is 4. The standard InChI is InChI=1S/C23H23N3O3/c1-29-21-9-3-5-17(14-21)10-11-22(27)26-20-8-2-6-18(13-20)15-25-23(28)19-7-4-12-24-16-19/h2-9,12-14,16H,10-11,15H2,1H3,(H,25,28)(H,26,27). The molecule has 0 aliphatic carbocycles. The molecule has 3 aromatic rings. The Hall–Kier alpha value is -3.67. The van der Waals surface area contributed by atoms with Crippen molar-refractivity contribution in [1.29, 1.82) is 0 Å². The average Bonchev–Trinajstić information content (AvgIpc) is 2.77. The number of aryl methyl sites for hydroxylation is 1. The van der Waals surface area contributed by atoms with Crippen LogP contribution in [0.1, 0.15) is 27.9 Å². The van der Waals surface area contributed by atoms with Gasteiger partial charge in [0.2, 0.25) is 5.91 Å². The van der Waals surface area contributed by atoms with Gasteiger partial charge in [-0.3, -0.25) is 14.6 Å². The fraction of sp³-hybridized carbons (Fsp3) is 0.174. The zero-order valence-electron chi connectivity index (χ0n) is 16.2. The Balaban J connectivity index is 1.51. The first-order valence-corrected chi connectivity index (χ1v) is 9.34. The van der Waals surface area contributed by atoms with Gasteiger partial charge in [0, 0.05) is 31.0 Å². The number of carbonyl (C=O) groups excluding carboxylic acids is 2. The average molecular weight is 389 g/mol. The number of hydrogen-bond donors (Lipinski definition) is 2. The lowest BCUT2D eigenvalue weighted by atomic mass is 10.1. The SMILES string of the molecule is COc1cccc(CCC(=O)Nc2cccc(CNC(=O)c3cccnc3)c2)c1. The zero-order chi connectivity index (χ0) is 20.5. The van der Waals surface area contributed by atoms with Gasteiger partial charge in [0.15, 0.2) is 0 Å². The number of aromatic nitrogens is 1. The highest BCUT2D eigenvalue weighted by molar-refractivity contribution is 5.94. The number of benzene rings is 2. The molecule has 0 unspecified atom stereocenters. The van der Waals surface area contributed by atoms with E-state index in [0.29, 0.717) is 30.6 Å². The summed E-state index contributed by atoms with van der Waals surface area (Å²) in [6.45, 7) is 0.362. The number of methoxy groups -OCH3 is 1. The van der Waals surface area contributed by atoms with E-state index in [1.165, 1.54) is 6.20 Å². The van der Waals surface area contributed by atoms with Gasteiger partial charge in [-0.1, -0.05) is 24.3 Å². The van der Waals surface area contributed by atoms with Gasteiger partial charge in [-0.2, -0.15) is 0 Å². The topological polar surface area (TPSA) is 80.3 Å².